The van der Waals surface area contributed by atoms with Gasteiger partial charge in [-0.2, -0.15) is 0 Å². The monoisotopic (exact) mass is 883 g/mol. The Kier molecular flexibility index (Phi) is 11.6. The van der Waals surface area contributed by atoms with Crippen LogP contribution in [0.3, 0.4) is 0 Å². The van der Waals surface area contributed by atoms with Crippen molar-refractivity contribution in [3.63, 3.8) is 0 Å². The largest absolute Gasteiger partial charge is 0.461 e. The summed E-state index contributed by atoms with van der Waals surface area (Å²) in [5.74, 6) is -8.25. The van der Waals surface area contributed by atoms with E-state index >= 15 is 8.78 Å². The Morgan fingerprint density at radius 3 is 2.45 bits per heavy atom. The number of pyridine rings is 1. The van der Waals surface area contributed by atoms with Gasteiger partial charge in [0, 0.05) is 46.8 Å². The smallest absolute Gasteiger partial charge is 0.310 e. The van der Waals surface area contributed by atoms with Gasteiger partial charge >= 0.3 is 11.9 Å². The molecule has 64 heavy (non-hydrogen) atoms. The Balaban J connectivity index is 0.870. The Hall–Kier alpha value is -5.22. The lowest BCUT2D eigenvalue weighted by molar-refractivity contribution is -0.249. The number of aliphatic hydroxyl groups is 1. The molecule has 1 aromatic heterocycles. The van der Waals surface area contributed by atoms with Crippen molar-refractivity contribution in [3.8, 4) is 0 Å². The molecule has 6 aliphatic rings. The van der Waals surface area contributed by atoms with E-state index in [1.54, 1.807) is 64.4 Å². The summed E-state index contributed by atoms with van der Waals surface area (Å²) in [6.07, 6.45) is 7.56. The number of hydrogen-bond donors (Lipinski definition) is 3. The van der Waals surface area contributed by atoms with Gasteiger partial charge < -0.3 is 35.1 Å². The molecule has 0 radical (unpaired) electrons. The molecule has 2 aromatic rings. The van der Waals surface area contributed by atoms with Crippen molar-refractivity contribution in [3.05, 3.63) is 96.4 Å². The molecule has 5 fully saturated rings. The highest BCUT2D eigenvalue weighted by Gasteiger charge is 2.80. The number of esters is 2. The summed E-state index contributed by atoms with van der Waals surface area (Å²) in [5.41, 5.74) is 0.573. The highest BCUT2D eigenvalue weighted by atomic mass is 19.1. The second kappa shape index (κ2) is 16.3. The van der Waals surface area contributed by atoms with Crippen molar-refractivity contribution in [2.45, 2.75) is 95.7 Å². The summed E-state index contributed by atoms with van der Waals surface area (Å²) < 4.78 is 57.6. The van der Waals surface area contributed by atoms with E-state index in [0.29, 0.717) is 16.8 Å². The number of Topliss-reactive ketones (excluding diaryl/α,β-unsaturated/α-hetero) is 1. The second-order valence-corrected chi connectivity index (χ2v) is 19.0. The van der Waals surface area contributed by atoms with Crippen molar-refractivity contribution in [1.29, 1.82) is 0 Å². The van der Waals surface area contributed by atoms with Crippen LogP contribution in [0.2, 0.25) is 0 Å². The number of halogens is 2. The molecule has 13 nitrogen and oxygen atoms in total. The minimum Gasteiger partial charge on any atom is -0.461 e. The average molecular weight is 884 g/mol. The molecule has 0 bridgehead atoms. The zero-order chi connectivity index (χ0) is 46.1. The van der Waals surface area contributed by atoms with Crippen molar-refractivity contribution >= 4 is 45.9 Å². The standard InChI is InChI=1S/C49H55F2N3O10/c1-7-27(9-8-26(2)34(22-52)42(58)54-30-11-10-29-23-53-15-13-28(29)16-30)24-61-43(59)32-18-33(32)44(60)62-25-40(57)49-41(63-45(3,4)64-49)20-35-36-19-38(50)37-17-31(55)12-14-46(37,5)48(36,51)39(56)21-47(35,49)6/h7-17,23,32-36,38-39,41,56H,2,18-22,24-25,52H2,1,3-6H3,(H,54,58)/b9-8-,27-7+/t32?,33?,34-,35+,36+,38+,39+,41-,46+,47+,48+,49-/m1/s1. The van der Waals surface area contributed by atoms with Crippen LogP contribution in [0.15, 0.2) is 96.4 Å². The van der Waals surface area contributed by atoms with Gasteiger partial charge in [0.1, 0.15) is 12.8 Å². The predicted octanol–water partition coefficient (Wildman–Crippen LogP) is 5.92. The first-order chi connectivity index (χ1) is 30.2. The predicted molar refractivity (Wildman–Crippen MR) is 230 cm³/mol. The van der Waals surface area contributed by atoms with Gasteiger partial charge in [0.05, 0.1) is 30.0 Å². The molecule has 4 N–H and O–H groups in total. The quantitative estimate of drug-likeness (QED) is 0.159. The number of nitrogens with one attached hydrogen (secondary N) is 1. The fraction of sp³-hybridized carbons (Fsp3) is 0.510. The number of amides is 1. The molecule has 1 saturated heterocycles. The number of rotatable bonds is 13. The molecule has 15 heteroatoms. The number of benzene rings is 1. The van der Waals surface area contributed by atoms with E-state index in [1.165, 1.54) is 19.1 Å². The van der Waals surface area contributed by atoms with Gasteiger partial charge in [-0.15, -0.1) is 0 Å². The number of carbonyl (C=O) groups is 5. The maximum absolute atomic E-state index is 17.8. The fourth-order valence-corrected chi connectivity index (χ4v) is 11.5. The van der Waals surface area contributed by atoms with Crippen molar-refractivity contribution < 1.29 is 56.8 Å². The van der Waals surface area contributed by atoms with Crippen LogP contribution in [0.25, 0.3) is 10.8 Å². The van der Waals surface area contributed by atoms with E-state index < -0.39 is 106 Å². The molecule has 4 saturated carbocycles. The third-order valence-corrected chi connectivity index (χ3v) is 14.9. The molecule has 5 aliphatic carbocycles. The summed E-state index contributed by atoms with van der Waals surface area (Å²) >= 11 is 0. The minimum absolute atomic E-state index is 0.00288. The van der Waals surface area contributed by atoms with Crippen molar-refractivity contribution in [2.24, 2.45) is 46.2 Å². The van der Waals surface area contributed by atoms with Crippen LogP contribution in [0, 0.1) is 40.4 Å². The SMILES string of the molecule is C=C(/C=C\C(=C/C)COC(=O)C1CC1C(=O)OCC(=O)[C@@]12OC(C)(C)O[C@@H]1C[C@H]1[C@@H]3C[C@H](F)C4=CC(=O)C=C[C@]4(C)[C@@]3(F)[C@@H](O)C[C@@]12C)[C@@H](CN)C(=O)Nc1ccc2cnccc2c1. The number of nitrogens with zero attached hydrogens (tertiary/aromatic N) is 1. The number of aromatic nitrogens is 1. The molecule has 340 valence electrons. The lowest BCUT2D eigenvalue weighted by Crippen LogP contribution is -2.71. The Bertz CT molecular complexity index is 2450. The van der Waals surface area contributed by atoms with E-state index in [0.717, 1.165) is 16.8 Å². The number of ether oxygens (including phenoxy) is 4. The number of carbonyl (C=O) groups excluding carboxylic acids is 5. The number of ketones is 2. The van der Waals surface area contributed by atoms with E-state index in [4.69, 9.17) is 24.7 Å². The van der Waals surface area contributed by atoms with Gasteiger partial charge in [0.2, 0.25) is 11.7 Å². The van der Waals surface area contributed by atoms with Gasteiger partial charge in [0.25, 0.3) is 0 Å². The molecule has 2 heterocycles. The zero-order valence-corrected chi connectivity index (χ0v) is 36.6. The molecule has 12 atom stereocenters. The molecule has 0 spiro atoms. The summed E-state index contributed by atoms with van der Waals surface area (Å²) in [4.78, 5) is 70.4. The van der Waals surface area contributed by atoms with Crippen LogP contribution in [-0.4, -0.2) is 94.7 Å². The first-order valence-electron chi connectivity index (χ1n) is 21.8. The highest BCUT2D eigenvalue weighted by Crippen LogP contribution is 2.72. The van der Waals surface area contributed by atoms with Gasteiger partial charge in [0.15, 0.2) is 29.4 Å². The van der Waals surface area contributed by atoms with Gasteiger partial charge in [-0.25, -0.2) is 8.78 Å². The maximum Gasteiger partial charge on any atom is 0.310 e. The van der Waals surface area contributed by atoms with Crippen LogP contribution in [-0.2, 0) is 42.9 Å². The summed E-state index contributed by atoms with van der Waals surface area (Å²) in [5, 5.41) is 16.6. The normalized spacial score (nSPS) is 36.3. The van der Waals surface area contributed by atoms with Crippen LogP contribution in [0.5, 0.6) is 0 Å². The number of anilines is 1. The first kappa shape index (κ1) is 45.4. The minimum atomic E-state index is -2.37. The average Bonchev–Trinajstić information content (AvgIpc) is 3.96. The number of hydrogen-bond acceptors (Lipinski definition) is 12. The third kappa shape index (κ3) is 7.28. The van der Waals surface area contributed by atoms with E-state index in [1.807, 2.05) is 18.2 Å². The van der Waals surface area contributed by atoms with Gasteiger partial charge in [-0.1, -0.05) is 43.9 Å². The molecule has 1 aromatic carbocycles. The topological polar surface area (TPSA) is 193 Å². The fourth-order valence-electron chi connectivity index (χ4n) is 11.5. The molecule has 1 aliphatic heterocycles. The lowest BCUT2D eigenvalue weighted by atomic mass is 9.44. The first-order valence-corrected chi connectivity index (χ1v) is 21.8. The summed E-state index contributed by atoms with van der Waals surface area (Å²) in [7, 11) is 0. The molecular formula is C49H55F2N3O10. The van der Waals surface area contributed by atoms with Gasteiger partial charge in [-0.3, -0.25) is 29.0 Å². The highest BCUT2D eigenvalue weighted by molar-refractivity contribution is 6.01. The Labute approximate surface area is 370 Å². The number of aliphatic hydroxyl groups excluding tert-OH is 1. The Morgan fingerprint density at radius 2 is 1.75 bits per heavy atom. The Morgan fingerprint density at radius 1 is 1.03 bits per heavy atom. The maximum atomic E-state index is 17.8. The van der Waals surface area contributed by atoms with Crippen LogP contribution in [0.1, 0.15) is 60.3 Å². The summed E-state index contributed by atoms with van der Waals surface area (Å²) in [6, 6.07) is 7.32. The molecular weight excluding hydrogens is 829 g/mol. The van der Waals surface area contributed by atoms with Crippen LogP contribution in [0.4, 0.5) is 14.5 Å². The van der Waals surface area contributed by atoms with Crippen molar-refractivity contribution in [1.82, 2.24) is 4.98 Å². The number of alkyl halides is 2. The lowest BCUT2D eigenvalue weighted by Gasteiger charge is -2.63. The van der Waals surface area contributed by atoms with E-state index in [-0.39, 0.29) is 50.3 Å². The molecule has 8 rings (SSSR count). The van der Waals surface area contributed by atoms with Crippen LogP contribution >= 0.6 is 0 Å². The molecule has 2 unspecified atom stereocenters. The zero-order valence-electron chi connectivity index (χ0n) is 36.6. The van der Waals surface area contributed by atoms with Crippen molar-refractivity contribution in [2.75, 3.05) is 25.1 Å². The van der Waals surface area contributed by atoms with Crippen LogP contribution < -0.4 is 11.1 Å². The third-order valence-electron chi connectivity index (χ3n) is 14.9. The number of allylic oxidation sites excluding steroid dienone is 6. The second-order valence-electron chi connectivity index (χ2n) is 19.0. The number of fused-ring (bicyclic) bond motifs is 8. The summed E-state index contributed by atoms with van der Waals surface area (Å²) in [6.45, 7) is 11.4. The molecule has 1 amide bonds. The van der Waals surface area contributed by atoms with E-state index in [9.17, 15) is 29.1 Å². The van der Waals surface area contributed by atoms with E-state index in [2.05, 4.69) is 16.9 Å². The van der Waals surface area contributed by atoms with Gasteiger partial charge in [-0.05, 0) is 112 Å². The number of nitrogens with two attached hydrogens (primary N) is 1.